The zero-order chi connectivity index (χ0) is 21.2. The van der Waals surface area contributed by atoms with E-state index >= 15 is 0 Å². The molecule has 0 unspecified atom stereocenters. The van der Waals surface area contributed by atoms with Gasteiger partial charge in [-0.3, -0.25) is 4.90 Å². The van der Waals surface area contributed by atoms with Gasteiger partial charge in [-0.2, -0.15) is 10.2 Å². The van der Waals surface area contributed by atoms with Crippen LogP contribution in [0.5, 0.6) is 0 Å². The second-order valence-electron chi connectivity index (χ2n) is 7.44. The minimum Gasteiger partial charge on any atom is -0.368 e. The molecule has 8 heteroatoms. The van der Waals surface area contributed by atoms with Crippen molar-refractivity contribution in [3.05, 3.63) is 71.2 Å². The highest BCUT2D eigenvalue weighted by Gasteiger charge is 2.21. The zero-order valence-electron chi connectivity index (χ0n) is 16.7. The molecule has 2 aromatic carbocycles. The summed E-state index contributed by atoms with van der Waals surface area (Å²) in [5, 5.41) is 15.2. The summed E-state index contributed by atoms with van der Waals surface area (Å²) >= 11 is 5.94. The molecule has 1 aliphatic heterocycles. The molecule has 7 nitrogen and oxygen atoms in total. The van der Waals surface area contributed by atoms with Gasteiger partial charge >= 0.3 is 0 Å². The van der Waals surface area contributed by atoms with Crippen LogP contribution in [-0.4, -0.2) is 46.2 Å². The smallest absolute Gasteiger partial charge is 0.241 e. The second kappa shape index (κ2) is 8.34. The zero-order valence-corrected chi connectivity index (χ0v) is 17.5. The SMILES string of the molecule is N#Cc1cc(N2CCN(Cc3nc(-c4ccc(Cl)cc4)no3)CC2)c2ccccc2n1. The predicted molar refractivity (Wildman–Crippen MR) is 119 cm³/mol. The molecule has 5 rings (SSSR count). The van der Waals surface area contributed by atoms with Gasteiger partial charge in [-0.25, -0.2) is 4.98 Å². The summed E-state index contributed by atoms with van der Waals surface area (Å²) in [6, 6.07) is 19.4. The molecule has 0 aliphatic carbocycles. The van der Waals surface area contributed by atoms with E-state index in [4.69, 9.17) is 16.1 Å². The fraction of sp³-hybridized carbons (Fsp3) is 0.217. The summed E-state index contributed by atoms with van der Waals surface area (Å²) in [5.74, 6) is 1.16. The Hall–Kier alpha value is -3.47. The number of nitriles is 1. The van der Waals surface area contributed by atoms with Crippen LogP contribution < -0.4 is 4.90 Å². The highest BCUT2D eigenvalue weighted by Crippen LogP contribution is 2.28. The van der Waals surface area contributed by atoms with E-state index < -0.39 is 0 Å². The topological polar surface area (TPSA) is 82.1 Å². The fourth-order valence-electron chi connectivity index (χ4n) is 3.85. The van der Waals surface area contributed by atoms with Crippen molar-refractivity contribution in [2.24, 2.45) is 0 Å². The quantitative estimate of drug-likeness (QED) is 0.481. The van der Waals surface area contributed by atoms with Crippen LogP contribution in [-0.2, 0) is 6.54 Å². The number of para-hydroxylation sites is 1. The molecule has 4 aromatic rings. The first-order valence-corrected chi connectivity index (χ1v) is 10.4. The molecular weight excluding hydrogens is 412 g/mol. The summed E-state index contributed by atoms with van der Waals surface area (Å²) in [4.78, 5) is 13.6. The van der Waals surface area contributed by atoms with E-state index in [2.05, 4.69) is 37.1 Å². The fourth-order valence-corrected chi connectivity index (χ4v) is 3.98. The standard InChI is InChI=1S/C23H19ClN6O/c24-17-7-5-16(6-8-17)23-27-22(31-28-23)15-29-9-11-30(12-10-29)21-13-18(14-25)26-20-4-2-1-3-19(20)21/h1-8,13H,9-12,15H2. The van der Waals surface area contributed by atoms with Crippen molar-refractivity contribution in [3.63, 3.8) is 0 Å². The van der Waals surface area contributed by atoms with Crippen molar-refractivity contribution in [3.8, 4) is 17.5 Å². The van der Waals surface area contributed by atoms with Gasteiger partial charge in [0, 0.05) is 47.8 Å². The van der Waals surface area contributed by atoms with Gasteiger partial charge < -0.3 is 9.42 Å². The van der Waals surface area contributed by atoms with Crippen molar-refractivity contribution >= 4 is 28.2 Å². The first-order chi connectivity index (χ1) is 15.2. The summed E-state index contributed by atoms with van der Waals surface area (Å²) in [7, 11) is 0. The molecule has 2 aromatic heterocycles. The van der Waals surface area contributed by atoms with Gasteiger partial charge in [0.2, 0.25) is 11.7 Å². The van der Waals surface area contributed by atoms with Crippen molar-refractivity contribution < 1.29 is 4.52 Å². The monoisotopic (exact) mass is 430 g/mol. The van der Waals surface area contributed by atoms with E-state index in [0.717, 1.165) is 48.3 Å². The number of benzene rings is 2. The Balaban J connectivity index is 1.27. The Morgan fingerprint density at radius 2 is 1.77 bits per heavy atom. The van der Waals surface area contributed by atoms with Crippen LogP contribution in [0.25, 0.3) is 22.3 Å². The van der Waals surface area contributed by atoms with E-state index in [-0.39, 0.29) is 0 Å². The van der Waals surface area contributed by atoms with Gasteiger partial charge in [0.1, 0.15) is 11.8 Å². The molecule has 0 N–H and O–H groups in total. The number of hydrogen-bond acceptors (Lipinski definition) is 7. The molecule has 0 radical (unpaired) electrons. The first-order valence-electron chi connectivity index (χ1n) is 10.1. The first kappa shape index (κ1) is 19.5. The van der Waals surface area contributed by atoms with Gasteiger partial charge in [0.15, 0.2) is 0 Å². The normalized spacial score (nSPS) is 14.6. The van der Waals surface area contributed by atoms with E-state index in [1.165, 1.54) is 0 Å². The minimum absolute atomic E-state index is 0.441. The van der Waals surface area contributed by atoms with Crippen molar-refractivity contribution in [1.82, 2.24) is 20.0 Å². The summed E-state index contributed by atoms with van der Waals surface area (Å²) in [6.45, 7) is 4.01. The Bertz CT molecular complexity index is 1260. The third-order valence-electron chi connectivity index (χ3n) is 5.45. The van der Waals surface area contributed by atoms with Gasteiger partial charge in [-0.1, -0.05) is 35.0 Å². The summed E-state index contributed by atoms with van der Waals surface area (Å²) in [6.07, 6.45) is 0. The molecule has 0 spiro atoms. The lowest BCUT2D eigenvalue weighted by atomic mass is 10.1. The lowest BCUT2D eigenvalue weighted by Crippen LogP contribution is -2.46. The highest BCUT2D eigenvalue weighted by molar-refractivity contribution is 6.30. The van der Waals surface area contributed by atoms with Crippen LogP contribution in [0.15, 0.2) is 59.1 Å². The van der Waals surface area contributed by atoms with Crippen LogP contribution in [0.3, 0.4) is 0 Å². The largest absolute Gasteiger partial charge is 0.368 e. The van der Waals surface area contributed by atoms with Gasteiger partial charge in [0.25, 0.3) is 0 Å². The van der Waals surface area contributed by atoms with Crippen LogP contribution in [0, 0.1) is 11.3 Å². The number of halogens is 1. The average Bonchev–Trinajstić information content (AvgIpc) is 3.28. The molecule has 1 aliphatic rings. The third-order valence-corrected chi connectivity index (χ3v) is 5.70. The number of pyridine rings is 1. The second-order valence-corrected chi connectivity index (χ2v) is 7.87. The van der Waals surface area contributed by atoms with Crippen LogP contribution in [0.4, 0.5) is 5.69 Å². The number of rotatable bonds is 4. The number of aromatic nitrogens is 3. The third kappa shape index (κ3) is 4.08. The van der Waals surface area contributed by atoms with Crippen LogP contribution in [0.2, 0.25) is 5.02 Å². The molecule has 1 fully saturated rings. The molecule has 154 valence electrons. The van der Waals surface area contributed by atoms with Gasteiger partial charge in [-0.15, -0.1) is 0 Å². The van der Waals surface area contributed by atoms with E-state index in [9.17, 15) is 5.26 Å². The lowest BCUT2D eigenvalue weighted by molar-refractivity contribution is 0.215. The number of anilines is 1. The molecule has 0 bridgehead atoms. The van der Waals surface area contributed by atoms with E-state index in [0.29, 0.717) is 29.0 Å². The van der Waals surface area contributed by atoms with Crippen LogP contribution >= 0.6 is 11.6 Å². The lowest BCUT2D eigenvalue weighted by Gasteiger charge is -2.36. The predicted octanol–water partition coefficient (Wildman–Crippen LogP) is 4.13. The minimum atomic E-state index is 0.441. The molecule has 1 saturated heterocycles. The molecule has 3 heterocycles. The Morgan fingerprint density at radius 1 is 1.00 bits per heavy atom. The Kier molecular flexibility index (Phi) is 5.24. The summed E-state index contributed by atoms with van der Waals surface area (Å²) < 4.78 is 5.46. The Morgan fingerprint density at radius 3 is 2.55 bits per heavy atom. The van der Waals surface area contributed by atoms with E-state index in [1.807, 2.05) is 48.5 Å². The molecule has 0 saturated carbocycles. The number of nitrogens with zero attached hydrogens (tertiary/aromatic N) is 6. The average molecular weight is 431 g/mol. The van der Waals surface area contributed by atoms with Crippen LogP contribution in [0.1, 0.15) is 11.6 Å². The molecule has 31 heavy (non-hydrogen) atoms. The Labute approximate surface area is 184 Å². The van der Waals surface area contributed by atoms with Gasteiger partial charge in [0.05, 0.1) is 12.1 Å². The maximum absolute atomic E-state index is 9.35. The molecule has 0 atom stereocenters. The number of fused-ring (bicyclic) bond motifs is 1. The number of hydrogen-bond donors (Lipinski definition) is 0. The molecule has 0 amide bonds. The van der Waals surface area contributed by atoms with Crippen molar-refractivity contribution in [1.29, 1.82) is 5.26 Å². The van der Waals surface area contributed by atoms with Crippen molar-refractivity contribution in [2.45, 2.75) is 6.54 Å². The van der Waals surface area contributed by atoms with Crippen molar-refractivity contribution in [2.75, 3.05) is 31.1 Å². The number of piperazine rings is 1. The summed E-state index contributed by atoms with van der Waals surface area (Å²) in [5.41, 5.74) is 3.22. The van der Waals surface area contributed by atoms with E-state index in [1.54, 1.807) is 0 Å². The highest BCUT2D eigenvalue weighted by atomic mass is 35.5. The van der Waals surface area contributed by atoms with Gasteiger partial charge in [-0.05, 0) is 36.4 Å². The maximum atomic E-state index is 9.35. The molecular formula is C23H19ClN6O. The maximum Gasteiger partial charge on any atom is 0.241 e.